The molecule has 2 heterocycles. The highest BCUT2D eigenvalue weighted by atomic mass is 79.9. The van der Waals surface area contributed by atoms with Crippen molar-refractivity contribution in [2.45, 2.75) is 36.8 Å². The van der Waals surface area contributed by atoms with E-state index < -0.39 is 0 Å². The van der Waals surface area contributed by atoms with Gasteiger partial charge in [-0.15, -0.1) is 11.8 Å². The number of hydrogen-bond donors (Lipinski definition) is 0. The Hall–Kier alpha value is -1.37. The third kappa shape index (κ3) is 5.83. The molecule has 1 fully saturated rings. The molecule has 1 atom stereocenters. The lowest BCUT2D eigenvalue weighted by Gasteiger charge is -2.25. The van der Waals surface area contributed by atoms with Crippen LogP contribution in [0.1, 0.15) is 24.8 Å². The summed E-state index contributed by atoms with van der Waals surface area (Å²) >= 11 is 5.26. The number of nitrogens with zero attached hydrogens (tertiary/aromatic N) is 2. The summed E-state index contributed by atoms with van der Waals surface area (Å²) < 4.78 is 6.81. The number of halogens is 1. The molecular weight excluding hydrogens is 412 g/mol. The van der Waals surface area contributed by atoms with E-state index in [4.69, 9.17) is 4.74 Å². The van der Waals surface area contributed by atoms with E-state index in [0.29, 0.717) is 19.5 Å². The second-order valence-corrected chi connectivity index (χ2v) is 8.29. The number of pyridine rings is 1. The summed E-state index contributed by atoms with van der Waals surface area (Å²) in [6.07, 6.45) is 6.36. The number of hydrogen-bond acceptors (Lipinski definition) is 4. The fraction of sp³-hybridized carbons (Fsp3) is 0.400. The summed E-state index contributed by atoms with van der Waals surface area (Å²) in [5, 5.41) is 0. The molecular formula is C20H23BrN2O2S. The minimum atomic E-state index is 0.159. The lowest BCUT2D eigenvalue weighted by Crippen LogP contribution is -2.37. The highest BCUT2D eigenvalue weighted by Crippen LogP contribution is 2.27. The van der Waals surface area contributed by atoms with Crippen LogP contribution in [0.4, 0.5) is 0 Å². The van der Waals surface area contributed by atoms with Gasteiger partial charge in [-0.3, -0.25) is 9.78 Å². The van der Waals surface area contributed by atoms with Crippen molar-refractivity contribution in [2.24, 2.45) is 0 Å². The van der Waals surface area contributed by atoms with Crippen molar-refractivity contribution in [3.63, 3.8) is 0 Å². The average Bonchev–Trinajstić information content (AvgIpc) is 3.17. The molecule has 6 heteroatoms. The van der Waals surface area contributed by atoms with Crippen LogP contribution in [-0.2, 0) is 16.1 Å². The van der Waals surface area contributed by atoms with Crippen LogP contribution in [0.3, 0.4) is 0 Å². The second kappa shape index (κ2) is 10.1. The van der Waals surface area contributed by atoms with Gasteiger partial charge in [0.05, 0.1) is 6.10 Å². The zero-order valence-corrected chi connectivity index (χ0v) is 17.0. The highest BCUT2D eigenvalue weighted by Gasteiger charge is 2.22. The second-order valence-electron chi connectivity index (χ2n) is 6.30. The number of ether oxygens (including phenoxy) is 1. The summed E-state index contributed by atoms with van der Waals surface area (Å²) in [4.78, 5) is 20.1. The summed E-state index contributed by atoms with van der Waals surface area (Å²) in [5.41, 5.74) is 1.05. The quantitative estimate of drug-likeness (QED) is 0.572. The van der Waals surface area contributed by atoms with Crippen LogP contribution in [0.25, 0.3) is 0 Å². The molecule has 1 saturated heterocycles. The molecule has 1 aromatic heterocycles. The average molecular weight is 435 g/mol. The van der Waals surface area contributed by atoms with Gasteiger partial charge in [-0.05, 0) is 52.5 Å². The van der Waals surface area contributed by atoms with Gasteiger partial charge < -0.3 is 9.64 Å². The van der Waals surface area contributed by atoms with Gasteiger partial charge >= 0.3 is 0 Å². The van der Waals surface area contributed by atoms with Crippen molar-refractivity contribution in [3.05, 3.63) is 58.8 Å². The maximum atomic E-state index is 12.8. The maximum absolute atomic E-state index is 12.8. The molecule has 1 aliphatic heterocycles. The first-order valence-electron chi connectivity index (χ1n) is 8.88. The van der Waals surface area contributed by atoms with Gasteiger partial charge in [0.1, 0.15) is 0 Å². The van der Waals surface area contributed by atoms with Crippen molar-refractivity contribution >= 4 is 33.6 Å². The smallest absolute Gasteiger partial charge is 0.223 e. The van der Waals surface area contributed by atoms with Gasteiger partial charge in [-0.1, -0.05) is 18.2 Å². The van der Waals surface area contributed by atoms with Crippen molar-refractivity contribution in [1.82, 2.24) is 9.88 Å². The predicted octanol–water partition coefficient (Wildman–Crippen LogP) is 4.53. The third-order valence-electron chi connectivity index (χ3n) is 4.31. The molecule has 1 aliphatic rings. The molecule has 3 rings (SSSR count). The fourth-order valence-electron chi connectivity index (χ4n) is 2.97. The van der Waals surface area contributed by atoms with Gasteiger partial charge in [0, 0.05) is 53.6 Å². The normalized spacial score (nSPS) is 16.6. The van der Waals surface area contributed by atoms with E-state index in [-0.39, 0.29) is 12.0 Å². The molecule has 1 amide bonds. The Morgan fingerprint density at radius 3 is 2.92 bits per heavy atom. The van der Waals surface area contributed by atoms with Crippen molar-refractivity contribution in [3.8, 4) is 0 Å². The molecule has 4 nitrogen and oxygen atoms in total. The van der Waals surface area contributed by atoms with E-state index in [1.165, 1.54) is 4.90 Å². The first-order chi connectivity index (χ1) is 12.7. The number of rotatable bonds is 8. The van der Waals surface area contributed by atoms with E-state index in [1.54, 1.807) is 18.0 Å². The summed E-state index contributed by atoms with van der Waals surface area (Å²) in [7, 11) is 0. The van der Waals surface area contributed by atoms with E-state index in [1.807, 2.05) is 41.4 Å². The van der Waals surface area contributed by atoms with E-state index >= 15 is 0 Å². The van der Waals surface area contributed by atoms with Crippen LogP contribution in [0, 0.1) is 0 Å². The van der Waals surface area contributed by atoms with Crippen LogP contribution in [0.2, 0.25) is 0 Å². The summed E-state index contributed by atoms with van der Waals surface area (Å²) in [5.74, 6) is 0.931. The molecule has 0 N–H and O–H groups in total. The molecule has 0 aliphatic carbocycles. The van der Waals surface area contributed by atoms with Crippen molar-refractivity contribution in [1.29, 1.82) is 0 Å². The zero-order valence-electron chi connectivity index (χ0n) is 14.6. The maximum Gasteiger partial charge on any atom is 0.223 e. The van der Waals surface area contributed by atoms with Crippen LogP contribution in [-0.4, -0.2) is 40.8 Å². The van der Waals surface area contributed by atoms with E-state index in [0.717, 1.165) is 35.2 Å². The summed E-state index contributed by atoms with van der Waals surface area (Å²) in [6, 6.07) is 12.0. The standard InChI is InChI=1S/C20H23BrN2O2S/c21-18-7-1-2-8-19(18)26-12-9-20(24)23(15-17-6-4-11-25-17)14-16-5-3-10-22-13-16/h1-3,5,7-8,10,13,17H,4,6,9,11-12,14-15H2. The first-order valence-corrected chi connectivity index (χ1v) is 10.7. The molecule has 26 heavy (non-hydrogen) atoms. The number of carbonyl (C=O) groups is 1. The Morgan fingerprint density at radius 1 is 1.31 bits per heavy atom. The Morgan fingerprint density at radius 2 is 2.19 bits per heavy atom. The lowest BCUT2D eigenvalue weighted by molar-refractivity contribution is -0.133. The summed E-state index contributed by atoms with van der Waals surface area (Å²) in [6.45, 7) is 2.05. The van der Waals surface area contributed by atoms with Gasteiger partial charge in [-0.25, -0.2) is 0 Å². The Labute approximate surface area is 167 Å². The first kappa shape index (κ1) is 19.4. The molecule has 2 aromatic rings. The molecule has 0 spiro atoms. The predicted molar refractivity (Wildman–Crippen MR) is 108 cm³/mol. The van der Waals surface area contributed by atoms with Crippen molar-refractivity contribution in [2.75, 3.05) is 18.9 Å². The van der Waals surface area contributed by atoms with Crippen LogP contribution in [0.15, 0.2) is 58.2 Å². The van der Waals surface area contributed by atoms with Gasteiger partial charge in [0.15, 0.2) is 0 Å². The van der Waals surface area contributed by atoms with Crippen LogP contribution in [0.5, 0.6) is 0 Å². The monoisotopic (exact) mass is 434 g/mol. The Balaban J connectivity index is 1.57. The third-order valence-corrected chi connectivity index (χ3v) is 6.34. The molecule has 0 saturated carbocycles. The van der Waals surface area contributed by atoms with Crippen molar-refractivity contribution < 1.29 is 9.53 Å². The molecule has 1 unspecified atom stereocenters. The number of amides is 1. The number of aromatic nitrogens is 1. The van der Waals surface area contributed by atoms with Gasteiger partial charge in [0.2, 0.25) is 5.91 Å². The highest BCUT2D eigenvalue weighted by molar-refractivity contribution is 9.10. The zero-order chi connectivity index (χ0) is 18.2. The van der Waals surface area contributed by atoms with E-state index in [2.05, 4.69) is 27.0 Å². The van der Waals surface area contributed by atoms with E-state index in [9.17, 15) is 4.79 Å². The fourth-order valence-corrected chi connectivity index (χ4v) is 4.47. The number of thioether (sulfide) groups is 1. The lowest BCUT2D eigenvalue weighted by atomic mass is 10.2. The minimum Gasteiger partial charge on any atom is -0.376 e. The van der Waals surface area contributed by atoms with Gasteiger partial charge in [-0.2, -0.15) is 0 Å². The van der Waals surface area contributed by atoms with Gasteiger partial charge in [0.25, 0.3) is 0 Å². The largest absolute Gasteiger partial charge is 0.376 e. The SMILES string of the molecule is O=C(CCSc1ccccc1Br)N(Cc1cccnc1)CC1CCCO1. The Kier molecular flexibility index (Phi) is 7.53. The molecule has 1 aromatic carbocycles. The van der Waals surface area contributed by atoms with Crippen LogP contribution < -0.4 is 0 Å². The Bertz CT molecular complexity index is 708. The molecule has 0 radical (unpaired) electrons. The number of carbonyl (C=O) groups excluding carboxylic acids is 1. The topological polar surface area (TPSA) is 42.4 Å². The molecule has 138 valence electrons. The molecule has 0 bridgehead atoms. The minimum absolute atomic E-state index is 0.159. The number of benzene rings is 1. The van der Waals surface area contributed by atoms with Crippen LogP contribution >= 0.6 is 27.7 Å².